The smallest absolute Gasteiger partial charge is 0.230 e. The minimum Gasteiger partial charge on any atom is -0.497 e. The van der Waals surface area contributed by atoms with Crippen molar-refractivity contribution in [2.24, 2.45) is 0 Å². The fraction of sp³-hybridized carbons (Fsp3) is 0.450. The van der Waals surface area contributed by atoms with Gasteiger partial charge in [0.15, 0.2) is 9.84 Å². The quantitative estimate of drug-likeness (QED) is 0.624. The molecule has 7 nitrogen and oxygen atoms in total. The molecule has 0 unspecified atom stereocenters. The second-order valence-corrected chi connectivity index (χ2v) is 9.09. The molecule has 0 amide bonds. The monoisotopic (exact) mass is 406 g/mol. The minimum absolute atomic E-state index is 0.0296. The van der Waals surface area contributed by atoms with Crippen molar-refractivity contribution in [2.75, 3.05) is 32.3 Å². The van der Waals surface area contributed by atoms with Crippen LogP contribution in [0.15, 0.2) is 35.3 Å². The Hall–Kier alpha value is -2.32. The lowest BCUT2D eigenvalue weighted by atomic mass is 10.2. The number of aromatic nitrogens is 1. The van der Waals surface area contributed by atoms with Crippen molar-refractivity contribution < 1.29 is 22.3 Å². The van der Waals surface area contributed by atoms with Crippen LogP contribution in [0.3, 0.4) is 0 Å². The zero-order valence-electron chi connectivity index (χ0n) is 16.5. The lowest BCUT2D eigenvalue weighted by Crippen LogP contribution is -2.36. The van der Waals surface area contributed by atoms with Gasteiger partial charge in [0.1, 0.15) is 17.3 Å². The number of methoxy groups -OCH3 is 2. The zero-order chi connectivity index (χ0) is 20.3. The Kier molecular flexibility index (Phi) is 6.10. The van der Waals surface area contributed by atoms with Gasteiger partial charge in [-0.15, -0.1) is 6.58 Å². The van der Waals surface area contributed by atoms with Crippen LogP contribution in [-0.2, 0) is 16.4 Å². The lowest BCUT2D eigenvalue weighted by molar-refractivity contribution is 0.223. The summed E-state index contributed by atoms with van der Waals surface area (Å²) in [6.45, 7) is 6.75. The maximum Gasteiger partial charge on any atom is 0.230 e. The number of sulfone groups is 1. The van der Waals surface area contributed by atoms with Gasteiger partial charge in [-0.25, -0.2) is 13.4 Å². The molecule has 1 aliphatic rings. The normalized spacial score (nSPS) is 18.4. The fourth-order valence-corrected chi connectivity index (χ4v) is 5.19. The summed E-state index contributed by atoms with van der Waals surface area (Å²) in [4.78, 5) is 6.76. The summed E-state index contributed by atoms with van der Waals surface area (Å²) in [7, 11) is 0.218. The third-order valence-electron chi connectivity index (χ3n) is 4.97. The van der Waals surface area contributed by atoms with E-state index in [0.717, 1.165) is 11.3 Å². The van der Waals surface area contributed by atoms with Gasteiger partial charge in [0.25, 0.3) is 0 Å². The molecule has 8 heteroatoms. The first-order valence-electron chi connectivity index (χ1n) is 9.11. The maximum absolute atomic E-state index is 11.9. The van der Waals surface area contributed by atoms with E-state index in [-0.39, 0.29) is 17.5 Å². The summed E-state index contributed by atoms with van der Waals surface area (Å²) in [5.74, 6) is 2.86. The number of benzene rings is 1. The molecular weight excluding hydrogens is 380 g/mol. The Morgan fingerprint density at radius 3 is 2.75 bits per heavy atom. The Bertz CT molecular complexity index is 952. The van der Waals surface area contributed by atoms with Crippen molar-refractivity contribution in [3.05, 3.63) is 42.3 Å². The molecule has 3 rings (SSSR count). The number of nitrogens with zero attached hydrogens (tertiary/aromatic N) is 2. The van der Waals surface area contributed by atoms with Crippen LogP contribution < -0.4 is 9.47 Å². The van der Waals surface area contributed by atoms with E-state index in [0.29, 0.717) is 42.7 Å². The molecule has 0 N–H and O–H groups in total. The fourth-order valence-electron chi connectivity index (χ4n) is 3.43. The first-order valence-corrected chi connectivity index (χ1v) is 10.9. The van der Waals surface area contributed by atoms with E-state index in [2.05, 4.69) is 16.5 Å². The van der Waals surface area contributed by atoms with Crippen molar-refractivity contribution in [2.45, 2.75) is 25.9 Å². The summed E-state index contributed by atoms with van der Waals surface area (Å²) in [5.41, 5.74) is 1.51. The summed E-state index contributed by atoms with van der Waals surface area (Å²) in [5, 5.41) is 0. The van der Waals surface area contributed by atoms with Gasteiger partial charge < -0.3 is 13.9 Å². The second kappa shape index (κ2) is 8.36. The van der Waals surface area contributed by atoms with Gasteiger partial charge in [-0.3, -0.25) is 4.90 Å². The molecule has 152 valence electrons. The topological polar surface area (TPSA) is 81.9 Å². The Morgan fingerprint density at radius 2 is 2.14 bits per heavy atom. The lowest BCUT2D eigenvalue weighted by Gasteiger charge is -2.25. The molecule has 1 atom stereocenters. The molecule has 0 spiro atoms. The molecular formula is C20H26N2O5S. The third-order valence-corrected chi connectivity index (χ3v) is 6.72. The van der Waals surface area contributed by atoms with E-state index in [4.69, 9.17) is 13.9 Å². The number of oxazole rings is 1. The Balaban J connectivity index is 1.86. The van der Waals surface area contributed by atoms with Crippen LogP contribution in [0, 0.1) is 6.92 Å². The van der Waals surface area contributed by atoms with E-state index in [1.54, 1.807) is 26.4 Å². The van der Waals surface area contributed by atoms with Crippen LogP contribution >= 0.6 is 0 Å². The summed E-state index contributed by atoms with van der Waals surface area (Å²) in [6.07, 6.45) is 2.42. The van der Waals surface area contributed by atoms with Gasteiger partial charge in [-0.2, -0.15) is 0 Å². The minimum atomic E-state index is -2.96. The standard InChI is InChI=1S/C20H26N2O5S/c1-5-9-22(15-8-10-28(23,24)13-15)12-18-14(2)27-20(21-18)17-7-6-16(25-3)11-19(17)26-4/h5-7,11,15H,1,8-10,12-13H2,2-4H3/t15-/m1/s1. The first-order chi connectivity index (χ1) is 13.4. The number of hydrogen-bond acceptors (Lipinski definition) is 7. The molecule has 1 aliphatic heterocycles. The van der Waals surface area contributed by atoms with Crippen molar-refractivity contribution >= 4 is 9.84 Å². The largest absolute Gasteiger partial charge is 0.497 e. The van der Waals surface area contributed by atoms with Gasteiger partial charge >= 0.3 is 0 Å². The third kappa shape index (κ3) is 4.39. The molecule has 0 aliphatic carbocycles. The van der Waals surface area contributed by atoms with Gasteiger partial charge in [-0.05, 0) is 25.5 Å². The SMILES string of the molecule is C=CCN(Cc1nc(-c2ccc(OC)cc2OC)oc1C)[C@@H]1CCS(=O)(=O)C1. The predicted octanol–water partition coefficient (Wildman–Crippen LogP) is 2.84. The van der Waals surface area contributed by atoms with Crippen molar-refractivity contribution in [1.29, 1.82) is 0 Å². The highest BCUT2D eigenvalue weighted by atomic mass is 32.2. The Labute approximate surface area is 165 Å². The zero-order valence-corrected chi connectivity index (χ0v) is 17.3. The van der Waals surface area contributed by atoms with Crippen LogP contribution in [-0.4, -0.2) is 56.6 Å². The molecule has 1 fully saturated rings. The van der Waals surface area contributed by atoms with E-state index in [1.165, 1.54) is 0 Å². The van der Waals surface area contributed by atoms with Crippen LogP contribution in [0.2, 0.25) is 0 Å². The molecule has 0 saturated carbocycles. The van der Waals surface area contributed by atoms with E-state index in [1.807, 2.05) is 19.1 Å². The van der Waals surface area contributed by atoms with Crippen LogP contribution in [0.5, 0.6) is 11.5 Å². The molecule has 2 aromatic rings. The maximum atomic E-state index is 11.9. The molecule has 28 heavy (non-hydrogen) atoms. The van der Waals surface area contributed by atoms with E-state index >= 15 is 0 Å². The van der Waals surface area contributed by atoms with Crippen LogP contribution in [0.1, 0.15) is 17.9 Å². The average Bonchev–Trinajstić information content (AvgIpc) is 3.22. The van der Waals surface area contributed by atoms with E-state index in [9.17, 15) is 8.42 Å². The van der Waals surface area contributed by atoms with Gasteiger partial charge in [0.2, 0.25) is 5.89 Å². The molecule has 0 bridgehead atoms. The van der Waals surface area contributed by atoms with Gasteiger partial charge in [-0.1, -0.05) is 6.08 Å². The molecule has 1 aromatic heterocycles. The first kappa shape index (κ1) is 20.4. The predicted molar refractivity (Wildman–Crippen MR) is 107 cm³/mol. The highest BCUT2D eigenvalue weighted by Gasteiger charge is 2.32. The number of aryl methyl sites for hydroxylation is 1. The van der Waals surface area contributed by atoms with Gasteiger partial charge in [0.05, 0.1) is 37.0 Å². The van der Waals surface area contributed by atoms with Crippen molar-refractivity contribution in [1.82, 2.24) is 9.88 Å². The number of ether oxygens (including phenoxy) is 2. The molecule has 1 saturated heterocycles. The van der Waals surface area contributed by atoms with Crippen molar-refractivity contribution in [3.63, 3.8) is 0 Å². The Morgan fingerprint density at radius 1 is 1.36 bits per heavy atom. The van der Waals surface area contributed by atoms with Crippen LogP contribution in [0.4, 0.5) is 0 Å². The molecule has 0 radical (unpaired) electrons. The summed E-state index contributed by atoms with van der Waals surface area (Å²) >= 11 is 0. The number of hydrogen-bond donors (Lipinski definition) is 0. The number of rotatable bonds is 8. The van der Waals surface area contributed by atoms with E-state index < -0.39 is 9.84 Å². The average molecular weight is 407 g/mol. The summed E-state index contributed by atoms with van der Waals surface area (Å²) < 4.78 is 40.3. The molecule has 2 heterocycles. The molecule has 1 aromatic carbocycles. The van der Waals surface area contributed by atoms with Crippen molar-refractivity contribution in [3.8, 4) is 23.0 Å². The highest BCUT2D eigenvalue weighted by molar-refractivity contribution is 7.91. The summed E-state index contributed by atoms with van der Waals surface area (Å²) in [6, 6.07) is 5.42. The second-order valence-electron chi connectivity index (χ2n) is 6.86. The van der Waals surface area contributed by atoms with Crippen LogP contribution in [0.25, 0.3) is 11.5 Å². The van der Waals surface area contributed by atoms with Gasteiger partial charge in [0, 0.05) is 25.2 Å². The highest BCUT2D eigenvalue weighted by Crippen LogP contribution is 2.34.